The number of rotatable bonds is 7. The third kappa shape index (κ3) is 5.61. The van der Waals surface area contributed by atoms with Gasteiger partial charge in [0.15, 0.2) is 11.6 Å². The summed E-state index contributed by atoms with van der Waals surface area (Å²) in [4.78, 5) is 86.0. The van der Waals surface area contributed by atoms with E-state index in [0.29, 0.717) is 49.8 Å². The van der Waals surface area contributed by atoms with Gasteiger partial charge in [0.05, 0.1) is 35.0 Å². The minimum Gasteiger partial charge on any atom is -0.508 e. The van der Waals surface area contributed by atoms with E-state index < -0.39 is 53.2 Å². The van der Waals surface area contributed by atoms with Crippen LogP contribution in [0, 0.1) is 29.6 Å². The molecule has 276 valence electrons. The largest absolute Gasteiger partial charge is 0.508 e. The summed E-state index contributed by atoms with van der Waals surface area (Å²) in [5, 5.41) is 11.6. The molecule has 1 N–H and O–H groups in total. The van der Waals surface area contributed by atoms with Gasteiger partial charge >= 0.3 is 0 Å². The fraction of sp³-hybridized carbons (Fsp3) is 0.174. The van der Waals surface area contributed by atoms with Gasteiger partial charge in [-0.05, 0) is 85.5 Å². The average Bonchev–Trinajstić information content (AvgIpc) is 3.64. The predicted molar refractivity (Wildman–Crippen MR) is 208 cm³/mol. The molecule has 0 bridgehead atoms. The first-order valence-corrected chi connectivity index (χ1v) is 18.8. The van der Waals surface area contributed by atoms with Gasteiger partial charge in [-0.25, -0.2) is 0 Å². The van der Waals surface area contributed by atoms with E-state index in [2.05, 4.69) is 0 Å². The molecule has 0 spiro atoms. The number of hydrogen-bond acceptors (Lipinski definition) is 7. The number of amides is 4. The molecule has 5 aromatic carbocycles. The summed E-state index contributed by atoms with van der Waals surface area (Å²) >= 11 is 6.47. The molecule has 10 heteroatoms. The van der Waals surface area contributed by atoms with Gasteiger partial charge in [0.2, 0.25) is 23.6 Å². The van der Waals surface area contributed by atoms with E-state index in [1.807, 2.05) is 18.2 Å². The highest BCUT2D eigenvalue weighted by atomic mass is 35.5. The van der Waals surface area contributed by atoms with Crippen molar-refractivity contribution in [3.05, 3.63) is 172 Å². The molecule has 4 amide bonds. The molecule has 4 aliphatic rings. The molecule has 9 rings (SSSR count). The highest BCUT2D eigenvalue weighted by Crippen LogP contribution is 2.59. The Kier molecular flexibility index (Phi) is 8.62. The van der Waals surface area contributed by atoms with E-state index in [0.717, 1.165) is 4.90 Å². The maximum atomic E-state index is 14.5. The normalized spacial score (nSPS) is 24.1. The molecule has 0 unspecified atom stereocenters. The van der Waals surface area contributed by atoms with Crippen LogP contribution in [0.4, 0.5) is 11.4 Å². The van der Waals surface area contributed by atoms with Crippen LogP contribution in [0.3, 0.4) is 0 Å². The third-order valence-corrected chi connectivity index (χ3v) is 12.1. The minimum atomic E-state index is -0.922. The van der Waals surface area contributed by atoms with Crippen molar-refractivity contribution in [3.63, 3.8) is 0 Å². The Morgan fingerprint density at radius 1 is 0.554 bits per heavy atom. The number of ketones is 2. The number of allylic oxidation sites excluding steroid dienone is 2. The highest BCUT2D eigenvalue weighted by Gasteiger charge is 2.62. The van der Waals surface area contributed by atoms with Crippen LogP contribution in [0.2, 0.25) is 5.02 Å². The molecular weight excluding hydrogens is 728 g/mol. The van der Waals surface area contributed by atoms with Gasteiger partial charge in [0.25, 0.3) is 0 Å². The zero-order chi connectivity index (χ0) is 38.8. The van der Waals surface area contributed by atoms with Gasteiger partial charge in [0.1, 0.15) is 5.75 Å². The SMILES string of the molecule is O=C(c1ccccc1)c1ccc(N2C(=O)[C@H]3[C@H](CC=C4[C@H]3C[C@H]3C(=O)N(c5ccc(C(=O)c6ccccc6)cc5)C(=O)[C@H]3[C@H]4c3cc(Cl)ccc3O)C2=O)cc1. The molecule has 2 saturated heterocycles. The Morgan fingerprint density at radius 2 is 1.04 bits per heavy atom. The van der Waals surface area contributed by atoms with E-state index >= 15 is 0 Å². The Labute approximate surface area is 326 Å². The fourth-order valence-corrected chi connectivity index (χ4v) is 9.44. The number of aromatic hydroxyl groups is 1. The first-order chi connectivity index (χ1) is 27.1. The van der Waals surface area contributed by atoms with Crippen molar-refractivity contribution in [2.75, 3.05) is 9.80 Å². The lowest BCUT2D eigenvalue weighted by Crippen LogP contribution is -2.43. The van der Waals surface area contributed by atoms with Crippen molar-refractivity contribution < 1.29 is 33.9 Å². The lowest BCUT2D eigenvalue weighted by atomic mass is 9.57. The van der Waals surface area contributed by atoms with Crippen LogP contribution in [0.1, 0.15) is 56.2 Å². The Bertz CT molecular complexity index is 2500. The van der Waals surface area contributed by atoms with Crippen LogP contribution in [0.15, 0.2) is 139 Å². The molecule has 1 saturated carbocycles. The van der Waals surface area contributed by atoms with Crippen molar-refractivity contribution >= 4 is 58.2 Å². The summed E-state index contributed by atoms with van der Waals surface area (Å²) < 4.78 is 0. The summed E-state index contributed by atoms with van der Waals surface area (Å²) in [5.41, 5.74) is 3.54. The van der Waals surface area contributed by atoms with Gasteiger partial charge in [-0.15, -0.1) is 0 Å². The second-order valence-electron chi connectivity index (χ2n) is 14.7. The average molecular weight is 761 g/mol. The van der Waals surface area contributed by atoms with Crippen molar-refractivity contribution in [1.29, 1.82) is 0 Å². The topological polar surface area (TPSA) is 129 Å². The number of carbonyl (C=O) groups excluding carboxylic acids is 6. The number of benzene rings is 5. The van der Waals surface area contributed by atoms with E-state index in [-0.39, 0.29) is 36.1 Å². The smallest absolute Gasteiger partial charge is 0.238 e. The molecule has 2 aliphatic carbocycles. The van der Waals surface area contributed by atoms with Gasteiger partial charge in [0, 0.05) is 38.8 Å². The summed E-state index contributed by atoms with van der Waals surface area (Å²) in [6.45, 7) is 0. The maximum absolute atomic E-state index is 14.5. The number of nitrogens with zero attached hydrogens (tertiary/aromatic N) is 2. The molecule has 6 atom stereocenters. The summed E-state index contributed by atoms with van der Waals surface area (Å²) in [6.07, 6.45) is 2.26. The van der Waals surface area contributed by atoms with Crippen molar-refractivity contribution in [1.82, 2.24) is 0 Å². The number of imide groups is 2. The Balaban J connectivity index is 1.05. The zero-order valence-corrected chi connectivity index (χ0v) is 30.5. The first-order valence-electron chi connectivity index (χ1n) is 18.5. The quantitative estimate of drug-likeness (QED) is 0.103. The van der Waals surface area contributed by atoms with E-state index in [1.54, 1.807) is 103 Å². The van der Waals surface area contributed by atoms with E-state index in [4.69, 9.17) is 11.6 Å². The van der Waals surface area contributed by atoms with Gasteiger partial charge in [-0.1, -0.05) is 83.9 Å². The monoisotopic (exact) mass is 760 g/mol. The van der Waals surface area contributed by atoms with Crippen LogP contribution in [0.5, 0.6) is 5.75 Å². The molecule has 5 aromatic rings. The Hall–Kier alpha value is -6.45. The lowest BCUT2D eigenvalue weighted by Gasteiger charge is -2.44. The summed E-state index contributed by atoms with van der Waals surface area (Å²) in [5.74, 6) is -6.93. The van der Waals surface area contributed by atoms with Gasteiger partial charge < -0.3 is 5.11 Å². The van der Waals surface area contributed by atoms with Crippen molar-refractivity contribution in [2.24, 2.45) is 29.6 Å². The molecule has 9 nitrogen and oxygen atoms in total. The molecule has 0 aromatic heterocycles. The van der Waals surface area contributed by atoms with E-state index in [1.165, 1.54) is 17.0 Å². The third-order valence-electron chi connectivity index (χ3n) is 11.8. The van der Waals surface area contributed by atoms with Crippen LogP contribution < -0.4 is 9.80 Å². The minimum absolute atomic E-state index is 0.107. The van der Waals surface area contributed by atoms with Crippen LogP contribution in [-0.2, 0) is 19.2 Å². The molecule has 3 fully saturated rings. The van der Waals surface area contributed by atoms with Crippen LogP contribution >= 0.6 is 11.6 Å². The van der Waals surface area contributed by atoms with Gasteiger partial charge in [-0.2, -0.15) is 0 Å². The van der Waals surface area contributed by atoms with Crippen molar-refractivity contribution in [3.8, 4) is 5.75 Å². The number of hydrogen-bond donors (Lipinski definition) is 1. The Morgan fingerprint density at radius 3 is 1.57 bits per heavy atom. The fourth-order valence-electron chi connectivity index (χ4n) is 9.26. The summed E-state index contributed by atoms with van der Waals surface area (Å²) in [6, 6.07) is 34.9. The van der Waals surface area contributed by atoms with E-state index in [9.17, 15) is 33.9 Å². The molecule has 0 radical (unpaired) electrons. The number of halogens is 1. The number of fused-ring (bicyclic) bond motifs is 4. The number of phenols is 1. The highest BCUT2D eigenvalue weighted by molar-refractivity contribution is 6.30. The molecule has 56 heavy (non-hydrogen) atoms. The number of phenolic OH excluding ortho intramolecular Hbond substituents is 1. The summed E-state index contributed by atoms with van der Waals surface area (Å²) in [7, 11) is 0. The standard InChI is InChI=1S/C46H33ClN2O7/c47-29-15-22-37(50)35(23-29)38-32-20-21-33-39(45(55)48(43(33)53)30-16-11-27(12-17-30)41(51)25-7-3-1-4-8-25)34(32)24-36-40(38)46(56)49(44(36)54)31-18-13-28(14-19-31)42(52)26-9-5-2-6-10-26/h1-20,22-23,33-34,36,38-40,50H,21,24H2/t33-,34+,36+,38+,39-,40+/m0/s1. The van der Waals surface area contributed by atoms with Crippen LogP contribution in [-0.4, -0.2) is 40.3 Å². The zero-order valence-electron chi connectivity index (χ0n) is 29.7. The molecule has 2 heterocycles. The number of anilines is 2. The predicted octanol–water partition coefficient (Wildman–Crippen LogP) is 7.55. The second kappa shape index (κ2) is 13.7. The molecule has 2 aliphatic heterocycles. The molecular formula is C46H33ClN2O7. The van der Waals surface area contributed by atoms with Crippen LogP contribution in [0.25, 0.3) is 0 Å². The van der Waals surface area contributed by atoms with Crippen molar-refractivity contribution in [2.45, 2.75) is 18.8 Å². The lowest BCUT2D eigenvalue weighted by molar-refractivity contribution is -0.126. The second-order valence-corrected chi connectivity index (χ2v) is 15.2. The maximum Gasteiger partial charge on any atom is 0.238 e. The number of carbonyl (C=O) groups is 6. The first kappa shape index (κ1) is 35.3. The van der Waals surface area contributed by atoms with Gasteiger partial charge in [-0.3, -0.25) is 38.6 Å².